The van der Waals surface area contributed by atoms with Crippen LogP contribution in [0.25, 0.3) is 0 Å². The van der Waals surface area contributed by atoms with Crippen LogP contribution in [0.15, 0.2) is 30.3 Å². The molecule has 0 aliphatic carbocycles. The monoisotopic (exact) mass is 297 g/mol. The zero-order valence-electron chi connectivity index (χ0n) is 10.2. The third-order valence-corrected chi connectivity index (χ3v) is 3.64. The molecule has 19 heavy (non-hydrogen) atoms. The van der Waals surface area contributed by atoms with Crippen LogP contribution < -0.4 is 10.5 Å². The summed E-state index contributed by atoms with van der Waals surface area (Å²) in [5, 5.41) is 0. The van der Waals surface area contributed by atoms with E-state index in [1.54, 1.807) is 18.2 Å². The number of nitrogen functional groups attached to an aromatic ring is 1. The number of halogens is 1. The average molecular weight is 298 g/mol. The number of ether oxygens (including phenoxy) is 2. The smallest absolute Gasteiger partial charge is 0.338 e. The number of hydrogen-bond donors (Lipinski definition) is 1. The molecule has 0 aliphatic heterocycles. The van der Waals surface area contributed by atoms with Crippen molar-refractivity contribution in [3.63, 3.8) is 0 Å². The number of carbonyl (C=O) groups is 1. The van der Waals surface area contributed by atoms with Crippen molar-refractivity contribution < 1.29 is 14.3 Å². The second-order valence-corrected chi connectivity index (χ2v) is 5.54. The fourth-order valence-corrected chi connectivity index (χ4v) is 2.51. The largest absolute Gasteiger partial charge is 0.495 e. The molecule has 0 saturated carbocycles. The number of rotatable bonds is 4. The van der Waals surface area contributed by atoms with E-state index in [4.69, 9.17) is 26.8 Å². The Kier molecular flexibility index (Phi) is 4.29. The lowest BCUT2D eigenvalue weighted by Gasteiger charge is -2.07. The van der Waals surface area contributed by atoms with Crippen molar-refractivity contribution >= 4 is 34.6 Å². The molecule has 4 nitrogen and oxygen atoms in total. The van der Waals surface area contributed by atoms with Crippen molar-refractivity contribution in [3.8, 4) is 5.75 Å². The number of methoxy groups -OCH3 is 1. The topological polar surface area (TPSA) is 61.5 Å². The van der Waals surface area contributed by atoms with Gasteiger partial charge in [0, 0.05) is 4.88 Å². The van der Waals surface area contributed by atoms with Crippen LogP contribution >= 0.6 is 22.9 Å². The van der Waals surface area contributed by atoms with Gasteiger partial charge in [-0.25, -0.2) is 4.79 Å². The molecule has 1 heterocycles. The minimum atomic E-state index is -0.432. The Bertz CT molecular complexity index is 597. The van der Waals surface area contributed by atoms with Gasteiger partial charge >= 0.3 is 5.97 Å². The molecule has 0 amide bonds. The normalized spacial score (nSPS) is 10.2. The van der Waals surface area contributed by atoms with Crippen LogP contribution in [0.5, 0.6) is 5.75 Å². The molecule has 6 heteroatoms. The van der Waals surface area contributed by atoms with Gasteiger partial charge in [0.2, 0.25) is 0 Å². The van der Waals surface area contributed by atoms with E-state index >= 15 is 0 Å². The van der Waals surface area contributed by atoms with Crippen molar-refractivity contribution in [2.24, 2.45) is 0 Å². The standard InChI is InChI=1S/C13H12ClNO3S/c1-17-11-4-2-8(6-10(11)15)13(16)18-7-9-3-5-12(14)19-9/h2-6H,7,15H2,1H3. The van der Waals surface area contributed by atoms with Gasteiger partial charge < -0.3 is 15.2 Å². The zero-order chi connectivity index (χ0) is 13.8. The third kappa shape index (κ3) is 3.39. The Morgan fingerprint density at radius 3 is 2.74 bits per heavy atom. The van der Waals surface area contributed by atoms with Gasteiger partial charge in [0.1, 0.15) is 12.4 Å². The summed E-state index contributed by atoms with van der Waals surface area (Å²) in [6.07, 6.45) is 0. The van der Waals surface area contributed by atoms with E-state index in [-0.39, 0.29) is 6.61 Å². The first-order valence-corrected chi connectivity index (χ1v) is 6.64. The fraction of sp³-hybridized carbons (Fsp3) is 0.154. The van der Waals surface area contributed by atoms with Gasteiger partial charge in [0.15, 0.2) is 0 Å². The summed E-state index contributed by atoms with van der Waals surface area (Å²) in [4.78, 5) is 12.7. The van der Waals surface area contributed by atoms with Crippen LogP contribution in [0.4, 0.5) is 5.69 Å². The van der Waals surface area contributed by atoms with Gasteiger partial charge in [-0.3, -0.25) is 0 Å². The van der Waals surface area contributed by atoms with Crippen molar-refractivity contribution in [3.05, 3.63) is 45.1 Å². The van der Waals surface area contributed by atoms with Gasteiger partial charge in [-0.05, 0) is 30.3 Å². The molecule has 1 aromatic carbocycles. The number of carbonyl (C=O) groups excluding carboxylic acids is 1. The van der Waals surface area contributed by atoms with Gasteiger partial charge in [-0.15, -0.1) is 11.3 Å². The summed E-state index contributed by atoms with van der Waals surface area (Å²) >= 11 is 7.17. The van der Waals surface area contributed by atoms with Crippen LogP contribution in [0.2, 0.25) is 4.34 Å². The molecule has 2 rings (SSSR count). The lowest BCUT2D eigenvalue weighted by molar-refractivity contribution is 0.0477. The summed E-state index contributed by atoms with van der Waals surface area (Å²) < 4.78 is 10.9. The van der Waals surface area contributed by atoms with Crippen molar-refractivity contribution in [2.75, 3.05) is 12.8 Å². The molecule has 0 spiro atoms. The van der Waals surface area contributed by atoms with E-state index < -0.39 is 5.97 Å². The van der Waals surface area contributed by atoms with Crippen molar-refractivity contribution in [1.29, 1.82) is 0 Å². The van der Waals surface area contributed by atoms with Gasteiger partial charge in [0.05, 0.1) is 22.7 Å². The van der Waals surface area contributed by atoms with Gasteiger partial charge in [-0.1, -0.05) is 11.6 Å². The first kappa shape index (κ1) is 13.7. The molecule has 0 radical (unpaired) electrons. The second-order valence-electron chi connectivity index (χ2n) is 3.74. The van der Waals surface area contributed by atoms with E-state index in [9.17, 15) is 4.79 Å². The van der Waals surface area contributed by atoms with Crippen LogP contribution in [0.1, 0.15) is 15.2 Å². The molecule has 0 aliphatic rings. The molecule has 0 unspecified atom stereocenters. The predicted octanol–water partition coefficient (Wildman–Crippen LogP) is 3.35. The van der Waals surface area contributed by atoms with Crippen molar-refractivity contribution in [1.82, 2.24) is 0 Å². The molecule has 0 bridgehead atoms. The maximum Gasteiger partial charge on any atom is 0.338 e. The lowest BCUT2D eigenvalue weighted by Crippen LogP contribution is -2.05. The molecule has 1 aromatic heterocycles. The first-order valence-electron chi connectivity index (χ1n) is 5.45. The first-order chi connectivity index (χ1) is 9.10. The number of anilines is 1. The molecular weight excluding hydrogens is 286 g/mol. The number of thiophene rings is 1. The predicted molar refractivity (Wildman–Crippen MR) is 75.9 cm³/mol. The highest BCUT2D eigenvalue weighted by Crippen LogP contribution is 2.24. The van der Waals surface area contributed by atoms with Crippen LogP contribution in [-0.2, 0) is 11.3 Å². The Hall–Kier alpha value is -1.72. The summed E-state index contributed by atoms with van der Waals surface area (Å²) in [6, 6.07) is 8.36. The molecule has 0 saturated heterocycles. The van der Waals surface area contributed by atoms with E-state index in [2.05, 4.69) is 0 Å². The molecular formula is C13H12ClNO3S. The number of nitrogens with two attached hydrogens (primary N) is 1. The minimum Gasteiger partial charge on any atom is -0.495 e. The maximum atomic E-state index is 11.8. The Labute approximate surface area is 119 Å². The molecule has 0 atom stereocenters. The maximum absolute atomic E-state index is 11.8. The van der Waals surface area contributed by atoms with Gasteiger partial charge in [-0.2, -0.15) is 0 Å². The Morgan fingerprint density at radius 2 is 2.16 bits per heavy atom. The number of esters is 1. The summed E-state index contributed by atoms with van der Waals surface area (Å²) in [6.45, 7) is 0.197. The number of hydrogen-bond acceptors (Lipinski definition) is 5. The number of benzene rings is 1. The average Bonchev–Trinajstić information content (AvgIpc) is 2.81. The van der Waals surface area contributed by atoms with Crippen molar-refractivity contribution in [2.45, 2.75) is 6.61 Å². The molecule has 2 aromatic rings. The van der Waals surface area contributed by atoms with Crippen LogP contribution in [0, 0.1) is 0 Å². The Balaban J connectivity index is 2.01. The summed E-state index contributed by atoms with van der Waals surface area (Å²) in [5.74, 6) is 0.0977. The van der Waals surface area contributed by atoms with E-state index in [1.807, 2.05) is 6.07 Å². The van der Waals surface area contributed by atoms with Gasteiger partial charge in [0.25, 0.3) is 0 Å². The SMILES string of the molecule is COc1ccc(C(=O)OCc2ccc(Cl)s2)cc1N. The van der Waals surface area contributed by atoms with Crippen LogP contribution in [-0.4, -0.2) is 13.1 Å². The second kappa shape index (κ2) is 5.95. The highest BCUT2D eigenvalue weighted by atomic mass is 35.5. The molecule has 100 valence electrons. The minimum absolute atomic E-state index is 0.197. The third-order valence-electron chi connectivity index (χ3n) is 2.44. The Morgan fingerprint density at radius 1 is 1.37 bits per heavy atom. The fourth-order valence-electron chi connectivity index (χ4n) is 1.51. The highest BCUT2D eigenvalue weighted by Gasteiger charge is 2.10. The summed E-state index contributed by atoms with van der Waals surface area (Å²) in [5.41, 5.74) is 6.52. The highest BCUT2D eigenvalue weighted by molar-refractivity contribution is 7.16. The molecule has 2 N–H and O–H groups in total. The quantitative estimate of drug-likeness (QED) is 0.694. The van der Waals surface area contributed by atoms with E-state index in [0.29, 0.717) is 21.3 Å². The molecule has 0 fully saturated rings. The van der Waals surface area contributed by atoms with Crippen LogP contribution in [0.3, 0.4) is 0 Å². The van der Waals surface area contributed by atoms with E-state index in [0.717, 1.165) is 4.88 Å². The lowest BCUT2D eigenvalue weighted by atomic mass is 10.2. The summed E-state index contributed by atoms with van der Waals surface area (Å²) in [7, 11) is 1.52. The van der Waals surface area contributed by atoms with E-state index in [1.165, 1.54) is 24.5 Å². The zero-order valence-corrected chi connectivity index (χ0v) is 11.8.